The van der Waals surface area contributed by atoms with E-state index in [1.807, 2.05) is 11.0 Å². The van der Waals surface area contributed by atoms with E-state index in [4.69, 9.17) is 0 Å². The molecule has 4 rings (SSSR count). The first-order valence-electron chi connectivity index (χ1n) is 10.0. The standard InChI is InChI=1S/C21H25N3O3S2/c25-20(24-13-6-8-18(24)16-11-14-28-15-16)10-2-1-5-12-22-21-17-7-3-4-9-19(17)29(26,27)23-21/h3-4,7,9,11,14-15,18H,1-2,5-6,8,10,12-13H2,(H,22,23)/t18-/m1/s1. The molecule has 1 N–H and O–H groups in total. The highest BCUT2D eigenvalue weighted by Gasteiger charge is 2.30. The van der Waals surface area contributed by atoms with Crippen LogP contribution in [0.4, 0.5) is 0 Å². The van der Waals surface area contributed by atoms with E-state index in [2.05, 4.69) is 26.5 Å². The third-order valence-corrected chi connectivity index (χ3v) is 7.58. The van der Waals surface area contributed by atoms with Crippen LogP contribution in [-0.4, -0.2) is 38.2 Å². The Morgan fingerprint density at radius 3 is 2.90 bits per heavy atom. The molecule has 1 atom stereocenters. The van der Waals surface area contributed by atoms with Crippen molar-refractivity contribution >= 4 is 33.1 Å². The second-order valence-electron chi connectivity index (χ2n) is 7.44. The smallest absolute Gasteiger partial charge is 0.263 e. The van der Waals surface area contributed by atoms with Gasteiger partial charge >= 0.3 is 0 Å². The number of carbonyl (C=O) groups excluding carboxylic acids is 1. The zero-order valence-electron chi connectivity index (χ0n) is 16.2. The average molecular weight is 432 g/mol. The van der Waals surface area contributed by atoms with Gasteiger partial charge in [0.15, 0.2) is 0 Å². The number of hydrogen-bond acceptors (Lipinski definition) is 5. The summed E-state index contributed by atoms with van der Waals surface area (Å²) in [5, 5.41) is 4.21. The van der Waals surface area contributed by atoms with Crippen LogP contribution in [0.2, 0.25) is 0 Å². The van der Waals surface area contributed by atoms with E-state index in [-0.39, 0.29) is 16.8 Å². The summed E-state index contributed by atoms with van der Waals surface area (Å²) in [7, 11) is -3.48. The minimum atomic E-state index is -3.48. The first-order chi connectivity index (χ1) is 14.1. The number of unbranched alkanes of at least 4 members (excludes halogenated alkanes) is 2. The number of thiophene rings is 1. The van der Waals surface area contributed by atoms with Gasteiger partial charge in [-0.2, -0.15) is 11.3 Å². The van der Waals surface area contributed by atoms with Gasteiger partial charge in [0.2, 0.25) is 5.91 Å². The number of nitrogens with one attached hydrogen (secondary N) is 1. The summed E-state index contributed by atoms with van der Waals surface area (Å²) in [5.74, 6) is 0.662. The number of fused-ring (bicyclic) bond motifs is 1. The zero-order valence-corrected chi connectivity index (χ0v) is 17.8. The SMILES string of the molecule is O=C(CCCCCN=C1NS(=O)(=O)c2ccccc21)N1CCC[C@@H]1c1ccsc1. The molecule has 1 saturated heterocycles. The minimum absolute atomic E-state index is 0.238. The molecule has 0 unspecified atom stereocenters. The molecule has 0 radical (unpaired) electrons. The van der Waals surface area contributed by atoms with E-state index in [1.54, 1.807) is 29.5 Å². The molecule has 1 amide bonds. The van der Waals surface area contributed by atoms with Crippen molar-refractivity contribution < 1.29 is 13.2 Å². The van der Waals surface area contributed by atoms with Crippen LogP contribution in [0.15, 0.2) is 51.0 Å². The summed E-state index contributed by atoms with van der Waals surface area (Å²) < 4.78 is 26.7. The fourth-order valence-corrected chi connectivity index (χ4v) is 5.98. The van der Waals surface area contributed by atoms with Crippen LogP contribution in [0.3, 0.4) is 0 Å². The Hall–Kier alpha value is -2.19. The molecule has 0 saturated carbocycles. The topological polar surface area (TPSA) is 78.8 Å². The lowest BCUT2D eigenvalue weighted by molar-refractivity contribution is -0.132. The molecule has 8 heteroatoms. The summed E-state index contributed by atoms with van der Waals surface area (Å²) in [6.45, 7) is 1.40. The van der Waals surface area contributed by atoms with Crippen molar-refractivity contribution in [3.05, 3.63) is 52.2 Å². The van der Waals surface area contributed by atoms with E-state index >= 15 is 0 Å². The Balaban J connectivity index is 1.23. The largest absolute Gasteiger partial charge is 0.336 e. The van der Waals surface area contributed by atoms with Crippen molar-refractivity contribution in [1.29, 1.82) is 0 Å². The molecule has 2 aliphatic heterocycles. The molecule has 2 aliphatic rings. The van der Waals surface area contributed by atoms with E-state index in [9.17, 15) is 13.2 Å². The predicted molar refractivity (Wildman–Crippen MR) is 115 cm³/mol. The van der Waals surface area contributed by atoms with Crippen molar-refractivity contribution in [1.82, 2.24) is 9.62 Å². The van der Waals surface area contributed by atoms with Crippen LogP contribution in [0.5, 0.6) is 0 Å². The van der Waals surface area contributed by atoms with Gasteiger partial charge in [0, 0.05) is 25.1 Å². The van der Waals surface area contributed by atoms with Crippen molar-refractivity contribution in [2.75, 3.05) is 13.1 Å². The Kier molecular flexibility index (Phi) is 6.01. The van der Waals surface area contributed by atoms with Crippen LogP contribution < -0.4 is 4.72 Å². The molecular weight excluding hydrogens is 406 g/mol. The highest BCUT2D eigenvalue weighted by Crippen LogP contribution is 2.33. The fourth-order valence-electron chi connectivity index (χ4n) is 4.03. The quantitative estimate of drug-likeness (QED) is 0.679. The minimum Gasteiger partial charge on any atom is -0.336 e. The van der Waals surface area contributed by atoms with Crippen molar-refractivity contribution in [2.24, 2.45) is 4.99 Å². The Morgan fingerprint density at radius 2 is 2.07 bits per heavy atom. The maximum atomic E-state index is 12.6. The molecule has 0 bridgehead atoms. The Labute approximate surface area is 175 Å². The first-order valence-corrected chi connectivity index (χ1v) is 12.5. The highest BCUT2D eigenvalue weighted by atomic mass is 32.2. The van der Waals surface area contributed by atoms with Crippen molar-refractivity contribution in [2.45, 2.75) is 49.5 Å². The normalized spacial score (nSPS) is 21.3. The van der Waals surface area contributed by atoms with Crippen LogP contribution in [-0.2, 0) is 14.8 Å². The second-order valence-corrected chi connectivity index (χ2v) is 9.88. The number of likely N-dealkylation sites (tertiary alicyclic amines) is 1. The molecule has 0 aliphatic carbocycles. The molecule has 1 aromatic carbocycles. The van der Waals surface area contributed by atoms with Crippen LogP contribution >= 0.6 is 11.3 Å². The predicted octanol–water partition coefficient (Wildman–Crippen LogP) is 3.71. The lowest BCUT2D eigenvalue weighted by Gasteiger charge is -2.24. The fraction of sp³-hybridized carbons (Fsp3) is 0.429. The van der Waals surface area contributed by atoms with Gasteiger partial charge in [0.25, 0.3) is 10.0 Å². The number of amides is 1. The summed E-state index contributed by atoms with van der Waals surface area (Å²) in [4.78, 5) is 19.4. The van der Waals surface area contributed by atoms with Crippen molar-refractivity contribution in [3.8, 4) is 0 Å². The van der Waals surface area contributed by atoms with Gasteiger partial charge in [-0.15, -0.1) is 0 Å². The molecule has 6 nitrogen and oxygen atoms in total. The lowest BCUT2D eigenvalue weighted by atomic mass is 10.1. The number of carbonyl (C=O) groups is 1. The zero-order chi connectivity index (χ0) is 20.3. The summed E-state index contributed by atoms with van der Waals surface area (Å²) >= 11 is 1.68. The summed E-state index contributed by atoms with van der Waals surface area (Å²) in [6, 6.07) is 9.24. The number of benzene rings is 1. The summed E-state index contributed by atoms with van der Waals surface area (Å²) in [5.41, 5.74) is 1.90. The Bertz CT molecular complexity index is 1000. The Morgan fingerprint density at radius 1 is 1.21 bits per heavy atom. The maximum absolute atomic E-state index is 12.6. The summed E-state index contributed by atoms with van der Waals surface area (Å²) in [6.07, 6.45) is 5.24. The number of sulfonamides is 1. The van der Waals surface area contributed by atoms with Crippen LogP contribution in [0, 0.1) is 0 Å². The molecular formula is C21H25N3O3S2. The maximum Gasteiger partial charge on any atom is 0.263 e. The number of hydrogen-bond donors (Lipinski definition) is 1. The molecule has 2 aromatic rings. The first kappa shape index (κ1) is 20.1. The van der Waals surface area contributed by atoms with Crippen LogP contribution in [0.25, 0.3) is 0 Å². The van der Waals surface area contributed by atoms with Gasteiger partial charge in [0.05, 0.1) is 10.9 Å². The molecule has 154 valence electrons. The highest BCUT2D eigenvalue weighted by molar-refractivity contribution is 7.90. The van der Waals surface area contributed by atoms with Crippen molar-refractivity contribution in [3.63, 3.8) is 0 Å². The average Bonchev–Trinajstić information content (AvgIpc) is 3.44. The monoisotopic (exact) mass is 431 g/mol. The lowest BCUT2D eigenvalue weighted by Crippen LogP contribution is -2.30. The third kappa shape index (κ3) is 4.38. The van der Waals surface area contributed by atoms with Gasteiger partial charge in [-0.3, -0.25) is 14.5 Å². The number of aliphatic imine (C=N–C) groups is 1. The van der Waals surface area contributed by atoms with Gasteiger partial charge in [-0.05, 0) is 60.2 Å². The van der Waals surface area contributed by atoms with E-state index in [0.717, 1.165) is 38.6 Å². The number of amidine groups is 1. The van der Waals surface area contributed by atoms with Gasteiger partial charge in [-0.1, -0.05) is 18.6 Å². The number of rotatable bonds is 7. The van der Waals surface area contributed by atoms with E-state index in [1.165, 1.54) is 5.56 Å². The molecule has 3 heterocycles. The molecule has 0 spiro atoms. The molecule has 29 heavy (non-hydrogen) atoms. The second kappa shape index (κ2) is 8.67. The van der Waals surface area contributed by atoms with Gasteiger partial charge < -0.3 is 4.90 Å². The number of nitrogens with zero attached hydrogens (tertiary/aromatic N) is 2. The van der Waals surface area contributed by atoms with Gasteiger partial charge in [0.1, 0.15) is 5.84 Å². The van der Waals surface area contributed by atoms with E-state index < -0.39 is 10.0 Å². The molecule has 1 aromatic heterocycles. The third-order valence-electron chi connectivity index (χ3n) is 5.48. The van der Waals surface area contributed by atoms with Gasteiger partial charge in [-0.25, -0.2) is 8.42 Å². The molecule has 1 fully saturated rings. The van der Waals surface area contributed by atoms with Crippen LogP contribution in [0.1, 0.15) is 55.7 Å². The van der Waals surface area contributed by atoms with E-state index in [0.29, 0.717) is 24.4 Å².